The lowest BCUT2D eigenvalue weighted by molar-refractivity contribution is -0.309. The second kappa shape index (κ2) is 8.81. The molecule has 1 aliphatic heterocycles. The summed E-state index contributed by atoms with van der Waals surface area (Å²) in [6.07, 6.45) is -0.102. The number of hydrogen-bond donors (Lipinski definition) is 1. The maximum Gasteiger partial charge on any atom is 0.377 e. The number of carbonyl (C=O) groups excluding carboxylic acids is 2. The lowest BCUT2D eigenvalue weighted by atomic mass is 9.87. The highest BCUT2D eigenvalue weighted by atomic mass is 79.9. The van der Waals surface area contributed by atoms with Gasteiger partial charge in [0, 0.05) is 28.8 Å². The first kappa shape index (κ1) is 20.4. The molecule has 2 aromatic rings. The molecular formula is C20H16BrN3O5. The topological polar surface area (TPSA) is 126 Å². The summed E-state index contributed by atoms with van der Waals surface area (Å²) < 4.78 is 6.49. The Morgan fingerprint density at radius 1 is 1.31 bits per heavy atom. The van der Waals surface area contributed by atoms with Crippen molar-refractivity contribution < 1.29 is 29.1 Å². The van der Waals surface area contributed by atoms with E-state index in [-0.39, 0.29) is 6.42 Å². The van der Waals surface area contributed by atoms with Gasteiger partial charge in [-0.3, -0.25) is 4.79 Å². The van der Waals surface area contributed by atoms with Gasteiger partial charge in [0.05, 0.1) is 16.0 Å². The van der Waals surface area contributed by atoms with Gasteiger partial charge in [-0.2, -0.15) is 0 Å². The van der Waals surface area contributed by atoms with E-state index in [9.17, 15) is 14.7 Å². The number of carboxylic acid groups (broad SMARTS) is 1. The van der Waals surface area contributed by atoms with Crippen molar-refractivity contribution in [3.63, 3.8) is 0 Å². The summed E-state index contributed by atoms with van der Waals surface area (Å²) in [4.78, 5) is 31.6. The molecule has 0 fully saturated rings. The van der Waals surface area contributed by atoms with Crippen LogP contribution >= 0.6 is 15.9 Å². The molecule has 1 N–H and O–H groups in total. The van der Waals surface area contributed by atoms with Crippen LogP contribution in [0.15, 0.2) is 58.2 Å². The lowest BCUT2D eigenvalue weighted by Crippen LogP contribution is -2.45. The summed E-state index contributed by atoms with van der Waals surface area (Å²) in [6, 6.07) is 14.9. The zero-order valence-electron chi connectivity index (χ0n) is 15.1. The minimum Gasteiger partial charge on any atom is -0.550 e. The number of carbonyl (C=O) groups is 2. The Bertz CT molecular complexity index is 1020. The van der Waals surface area contributed by atoms with Crippen molar-refractivity contribution in [2.24, 2.45) is 5.16 Å². The number of hydrogen-bond acceptors (Lipinski definition) is 7. The number of benzene rings is 2. The molecule has 0 amide bonds. The van der Waals surface area contributed by atoms with E-state index >= 15 is 0 Å². The Balaban J connectivity index is 1.82. The molecule has 148 valence electrons. The number of rotatable bonds is 8. The molecule has 0 aromatic heterocycles. The molecule has 9 heteroatoms. The molecule has 2 aromatic carbocycles. The van der Waals surface area contributed by atoms with E-state index in [1.54, 1.807) is 18.2 Å². The zero-order valence-corrected chi connectivity index (χ0v) is 16.7. The third kappa shape index (κ3) is 4.77. The quantitative estimate of drug-likeness (QED) is 0.368. The number of oxime groups is 1. The largest absolute Gasteiger partial charge is 0.550 e. The highest BCUT2D eigenvalue weighted by Gasteiger charge is 2.48. The predicted octanol–water partition coefficient (Wildman–Crippen LogP) is 1.91. The van der Waals surface area contributed by atoms with Gasteiger partial charge in [-0.25, -0.2) is 0 Å². The number of Topliss-reactive ketones (excluding diaryl/α,β-unsaturated/α-hetero) is 1. The third-order valence-corrected chi connectivity index (χ3v) is 5.03. The molecule has 29 heavy (non-hydrogen) atoms. The van der Waals surface area contributed by atoms with E-state index in [2.05, 4.69) is 25.9 Å². The van der Waals surface area contributed by atoms with Crippen LogP contribution in [0.25, 0.3) is 0 Å². The van der Waals surface area contributed by atoms with Crippen molar-refractivity contribution in [1.29, 1.82) is 5.53 Å². The molecule has 0 spiro atoms. The second-order valence-electron chi connectivity index (χ2n) is 6.39. The number of carboxylic acids is 1. The van der Waals surface area contributed by atoms with Gasteiger partial charge in [0.25, 0.3) is 5.78 Å². The Hall–Kier alpha value is -3.29. The van der Waals surface area contributed by atoms with E-state index in [0.717, 1.165) is 5.56 Å². The summed E-state index contributed by atoms with van der Waals surface area (Å²) in [5.41, 5.74) is 7.03. The van der Waals surface area contributed by atoms with Crippen LogP contribution < -0.4 is 9.84 Å². The van der Waals surface area contributed by atoms with E-state index in [4.69, 9.17) is 15.1 Å². The van der Waals surface area contributed by atoms with Gasteiger partial charge in [-0.1, -0.05) is 51.4 Å². The van der Waals surface area contributed by atoms with Crippen LogP contribution in [0.2, 0.25) is 0 Å². The molecule has 1 unspecified atom stereocenters. The molecular weight excluding hydrogens is 442 g/mol. The fourth-order valence-corrected chi connectivity index (χ4v) is 3.38. The van der Waals surface area contributed by atoms with Gasteiger partial charge >= 0.3 is 6.21 Å². The summed E-state index contributed by atoms with van der Waals surface area (Å²) in [6.45, 7) is 0.373. The standard InChI is InChI=1S/C20H16BrN3O5/c21-16-7-6-14(28-12-13-4-2-1-3-5-13)8-15(16)17-9-20(29-24-17,10-19(26)27)18(25)11-23-22/h1-8,11,22H,9-10,12H2. The highest BCUT2D eigenvalue weighted by Crippen LogP contribution is 2.34. The highest BCUT2D eigenvalue weighted by molar-refractivity contribution is 9.10. The van der Waals surface area contributed by atoms with Gasteiger partial charge in [-0.15, -0.1) is 0 Å². The maximum absolute atomic E-state index is 12.3. The third-order valence-electron chi connectivity index (χ3n) is 4.34. The summed E-state index contributed by atoms with van der Waals surface area (Å²) >= 11 is 3.43. The van der Waals surface area contributed by atoms with Gasteiger partial charge < -0.3 is 19.5 Å². The molecule has 1 heterocycles. The second-order valence-corrected chi connectivity index (χ2v) is 7.24. The number of halogens is 1. The van der Waals surface area contributed by atoms with Crippen molar-refractivity contribution in [2.75, 3.05) is 0 Å². The van der Waals surface area contributed by atoms with Crippen molar-refractivity contribution >= 4 is 39.6 Å². The van der Waals surface area contributed by atoms with Crippen LogP contribution in [0.5, 0.6) is 5.75 Å². The lowest BCUT2D eigenvalue weighted by Gasteiger charge is -2.21. The molecule has 0 radical (unpaired) electrons. The van der Waals surface area contributed by atoms with Crippen LogP contribution in [-0.4, -0.2) is 34.1 Å². The van der Waals surface area contributed by atoms with Crippen LogP contribution in [0, 0.1) is 5.53 Å². The van der Waals surface area contributed by atoms with Crippen LogP contribution in [0.3, 0.4) is 0 Å². The predicted molar refractivity (Wildman–Crippen MR) is 104 cm³/mol. The van der Waals surface area contributed by atoms with Crippen molar-refractivity contribution in [1.82, 2.24) is 0 Å². The Kier molecular flexibility index (Phi) is 6.21. The van der Waals surface area contributed by atoms with E-state index < -0.39 is 23.8 Å². The zero-order chi connectivity index (χ0) is 20.9. The number of ketones is 1. The van der Waals surface area contributed by atoms with Gasteiger partial charge in [0.15, 0.2) is 0 Å². The fraction of sp³-hybridized carbons (Fsp3) is 0.200. The molecule has 8 nitrogen and oxygen atoms in total. The minimum atomic E-state index is -1.78. The number of nitrogens with one attached hydrogen (secondary N) is 1. The van der Waals surface area contributed by atoms with Gasteiger partial charge in [0.2, 0.25) is 5.60 Å². The smallest absolute Gasteiger partial charge is 0.377 e. The van der Waals surface area contributed by atoms with E-state index in [1.165, 1.54) is 0 Å². The summed E-state index contributed by atoms with van der Waals surface area (Å²) in [7, 11) is 0. The molecule has 0 saturated carbocycles. The first-order valence-electron chi connectivity index (χ1n) is 8.59. The summed E-state index contributed by atoms with van der Waals surface area (Å²) in [5, 5.41) is 15.1. The molecule has 1 atom stereocenters. The van der Waals surface area contributed by atoms with Gasteiger partial charge in [-0.05, 0) is 23.8 Å². The van der Waals surface area contributed by atoms with Crippen molar-refractivity contribution in [2.45, 2.75) is 25.0 Å². The van der Waals surface area contributed by atoms with Crippen LogP contribution in [-0.2, 0) is 21.0 Å². The molecule has 1 aliphatic rings. The Morgan fingerprint density at radius 2 is 2.07 bits per heavy atom. The first-order chi connectivity index (χ1) is 13.9. The molecule has 0 saturated heterocycles. The molecule has 0 bridgehead atoms. The average molecular weight is 458 g/mol. The van der Waals surface area contributed by atoms with Gasteiger partial charge in [0.1, 0.15) is 12.4 Å². The minimum absolute atomic E-state index is 0.105. The van der Waals surface area contributed by atoms with Crippen molar-refractivity contribution in [3.8, 4) is 5.75 Å². The van der Waals surface area contributed by atoms with E-state index in [1.807, 2.05) is 30.3 Å². The van der Waals surface area contributed by atoms with Crippen molar-refractivity contribution in [3.05, 3.63) is 64.1 Å². The molecule has 0 aliphatic carbocycles. The maximum atomic E-state index is 12.3. The van der Waals surface area contributed by atoms with Crippen LogP contribution in [0.4, 0.5) is 0 Å². The Morgan fingerprint density at radius 3 is 2.76 bits per heavy atom. The van der Waals surface area contributed by atoms with Crippen LogP contribution in [0.1, 0.15) is 24.0 Å². The number of nitrogens with zero attached hydrogens (tertiary/aromatic N) is 2. The number of aliphatic carboxylic acids is 1. The summed E-state index contributed by atoms with van der Waals surface area (Å²) in [5.74, 6) is -1.65. The first-order valence-corrected chi connectivity index (χ1v) is 9.38. The SMILES string of the molecule is N=[N+]=CC(=O)C1(CC(=O)[O-])CC(c2cc(OCc3ccccc3)ccc2Br)=NO1. The fourth-order valence-electron chi connectivity index (χ4n) is 2.90. The van der Waals surface area contributed by atoms with E-state index in [0.29, 0.717) is 34.3 Å². The molecule has 3 rings (SSSR count). The average Bonchev–Trinajstić information content (AvgIpc) is 3.13. The normalized spacial score (nSPS) is 17.6. The monoisotopic (exact) mass is 457 g/mol. The number of ether oxygens (including phenoxy) is 1. The Labute approximate surface area is 174 Å².